The van der Waals surface area contributed by atoms with E-state index in [2.05, 4.69) is 22.5 Å². The van der Waals surface area contributed by atoms with Crippen LogP contribution in [0.25, 0.3) is 0 Å². The van der Waals surface area contributed by atoms with Crippen molar-refractivity contribution in [1.29, 1.82) is 0 Å². The van der Waals surface area contributed by atoms with E-state index in [1.165, 1.54) is 5.56 Å². The molecule has 1 unspecified atom stereocenters. The molecule has 0 saturated heterocycles. The Morgan fingerprint density at radius 1 is 1.04 bits per heavy atom. The van der Waals surface area contributed by atoms with Crippen molar-refractivity contribution in [3.05, 3.63) is 48.0 Å². The van der Waals surface area contributed by atoms with Gasteiger partial charge in [-0.15, -0.1) is 0 Å². The van der Waals surface area contributed by atoms with Crippen molar-refractivity contribution in [2.75, 3.05) is 33.1 Å². The molecule has 0 aromatic heterocycles. The summed E-state index contributed by atoms with van der Waals surface area (Å²) >= 11 is 0. The Morgan fingerprint density at radius 3 is 2.35 bits per heavy atom. The van der Waals surface area contributed by atoms with Crippen LogP contribution in [0.15, 0.2) is 47.5 Å². The van der Waals surface area contributed by atoms with E-state index in [0.717, 1.165) is 11.4 Å². The van der Waals surface area contributed by atoms with Gasteiger partial charge in [-0.1, -0.05) is 17.7 Å². The molecule has 0 aliphatic carbocycles. The van der Waals surface area contributed by atoms with Crippen LogP contribution in [-0.2, 0) is 0 Å². The SMILES string of the molecule is CN=C(NCC(C)Oc1ccc(C)cc1)Nc1ccc(OC)c(OC)c1. The maximum absolute atomic E-state index is 5.90. The van der Waals surface area contributed by atoms with Crippen molar-refractivity contribution in [1.82, 2.24) is 5.32 Å². The summed E-state index contributed by atoms with van der Waals surface area (Å²) in [5, 5.41) is 6.49. The van der Waals surface area contributed by atoms with Crippen LogP contribution in [0.5, 0.6) is 17.2 Å². The van der Waals surface area contributed by atoms with Crippen LogP contribution in [0.3, 0.4) is 0 Å². The average molecular weight is 357 g/mol. The van der Waals surface area contributed by atoms with Gasteiger partial charge < -0.3 is 24.8 Å². The van der Waals surface area contributed by atoms with Crippen LogP contribution in [0, 0.1) is 6.92 Å². The predicted octanol–water partition coefficient (Wildman–Crippen LogP) is 3.47. The summed E-state index contributed by atoms with van der Waals surface area (Å²) in [5.41, 5.74) is 2.06. The predicted molar refractivity (Wildman–Crippen MR) is 106 cm³/mol. The third-order valence-electron chi connectivity index (χ3n) is 3.79. The second kappa shape index (κ2) is 9.56. The summed E-state index contributed by atoms with van der Waals surface area (Å²) in [4.78, 5) is 4.24. The number of aryl methyl sites for hydroxylation is 1. The highest BCUT2D eigenvalue weighted by Gasteiger charge is 2.08. The monoisotopic (exact) mass is 357 g/mol. The fraction of sp³-hybridized carbons (Fsp3) is 0.350. The van der Waals surface area contributed by atoms with E-state index in [1.807, 2.05) is 49.4 Å². The number of hydrogen-bond acceptors (Lipinski definition) is 4. The minimum Gasteiger partial charge on any atom is -0.493 e. The molecule has 0 saturated carbocycles. The number of rotatable bonds is 7. The van der Waals surface area contributed by atoms with Crippen LogP contribution < -0.4 is 24.8 Å². The van der Waals surface area contributed by atoms with Crippen LogP contribution in [-0.4, -0.2) is 39.9 Å². The first-order valence-electron chi connectivity index (χ1n) is 8.48. The van der Waals surface area contributed by atoms with Gasteiger partial charge in [0.2, 0.25) is 0 Å². The molecule has 2 rings (SSSR count). The molecule has 0 aliphatic heterocycles. The number of anilines is 1. The highest BCUT2D eigenvalue weighted by molar-refractivity contribution is 5.93. The first-order chi connectivity index (χ1) is 12.5. The van der Waals surface area contributed by atoms with Gasteiger partial charge in [0, 0.05) is 18.8 Å². The Kier molecular flexibility index (Phi) is 7.14. The Balaban J connectivity index is 1.90. The average Bonchev–Trinajstić information content (AvgIpc) is 2.66. The maximum atomic E-state index is 5.90. The van der Waals surface area contributed by atoms with Gasteiger partial charge in [-0.25, -0.2) is 0 Å². The van der Waals surface area contributed by atoms with E-state index in [9.17, 15) is 0 Å². The number of hydrogen-bond donors (Lipinski definition) is 2. The number of benzene rings is 2. The van der Waals surface area contributed by atoms with Gasteiger partial charge in [-0.2, -0.15) is 0 Å². The zero-order valence-corrected chi connectivity index (χ0v) is 16.0. The lowest BCUT2D eigenvalue weighted by molar-refractivity contribution is 0.224. The first-order valence-corrected chi connectivity index (χ1v) is 8.48. The Labute approximate surface area is 155 Å². The molecule has 0 bridgehead atoms. The van der Waals surface area contributed by atoms with Crippen molar-refractivity contribution in [2.45, 2.75) is 20.0 Å². The number of guanidine groups is 1. The number of nitrogens with zero attached hydrogens (tertiary/aromatic N) is 1. The lowest BCUT2D eigenvalue weighted by Gasteiger charge is -2.18. The summed E-state index contributed by atoms with van der Waals surface area (Å²) in [7, 11) is 4.95. The van der Waals surface area contributed by atoms with E-state index < -0.39 is 0 Å². The molecule has 0 spiro atoms. The Bertz CT molecular complexity index is 730. The van der Waals surface area contributed by atoms with Crippen LogP contribution >= 0.6 is 0 Å². The molecule has 2 aromatic rings. The van der Waals surface area contributed by atoms with E-state index in [-0.39, 0.29) is 6.10 Å². The lowest BCUT2D eigenvalue weighted by atomic mass is 10.2. The molecule has 2 N–H and O–H groups in total. The number of aliphatic imine (C=N–C) groups is 1. The molecule has 0 aliphatic rings. The third-order valence-corrected chi connectivity index (χ3v) is 3.79. The standard InChI is InChI=1S/C20H27N3O3/c1-14-6-9-17(10-7-14)26-15(2)13-22-20(21-3)23-16-8-11-18(24-4)19(12-16)25-5/h6-12,15H,13H2,1-5H3,(H2,21,22,23). The van der Waals surface area contributed by atoms with E-state index >= 15 is 0 Å². The zero-order valence-electron chi connectivity index (χ0n) is 16.0. The summed E-state index contributed by atoms with van der Waals surface area (Å²) in [6.07, 6.45) is -0.0124. The topological polar surface area (TPSA) is 64.1 Å². The number of methoxy groups -OCH3 is 2. The molecule has 6 heteroatoms. The van der Waals surface area contributed by atoms with Gasteiger partial charge in [0.05, 0.1) is 20.8 Å². The van der Waals surface area contributed by atoms with Crippen LogP contribution in [0.1, 0.15) is 12.5 Å². The van der Waals surface area contributed by atoms with E-state index in [1.54, 1.807) is 21.3 Å². The molecule has 1 atom stereocenters. The summed E-state index contributed by atoms with van der Waals surface area (Å²) in [5.74, 6) is 2.84. The normalized spacial score (nSPS) is 12.3. The van der Waals surface area contributed by atoms with Crippen molar-refractivity contribution in [3.8, 4) is 17.2 Å². The molecular formula is C20H27N3O3. The second-order valence-corrected chi connectivity index (χ2v) is 5.89. The van der Waals surface area contributed by atoms with Gasteiger partial charge in [0.15, 0.2) is 17.5 Å². The summed E-state index contributed by atoms with van der Waals surface area (Å²) < 4.78 is 16.5. The molecule has 2 aromatic carbocycles. The molecule has 26 heavy (non-hydrogen) atoms. The van der Waals surface area contributed by atoms with Crippen molar-refractivity contribution in [2.24, 2.45) is 4.99 Å². The Morgan fingerprint density at radius 2 is 1.73 bits per heavy atom. The summed E-state index contributed by atoms with van der Waals surface area (Å²) in [6.45, 7) is 4.68. The van der Waals surface area contributed by atoms with E-state index in [4.69, 9.17) is 14.2 Å². The summed E-state index contributed by atoms with van der Waals surface area (Å²) in [6, 6.07) is 13.6. The quantitative estimate of drug-likeness (QED) is 0.587. The van der Waals surface area contributed by atoms with Gasteiger partial charge in [0.1, 0.15) is 11.9 Å². The largest absolute Gasteiger partial charge is 0.493 e. The van der Waals surface area contributed by atoms with E-state index in [0.29, 0.717) is 24.0 Å². The molecule has 0 radical (unpaired) electrons. The molecule has 0 fully saturated rings. The molecule has 6 nitrogen and oxygen atoms in total. The first kappa shape index (κ1) is 19.4. The van der Waals surface area contributed by atoms with Gasteiger partial charge in [0.25, 0.3) is 0 Å². The zero-order chi connectivity index (χ0) is 18.9. The lowest BCUT2D eigenvalue weighted by Crippen LogP contribution is -2.37. The highest BCUT2D eigenvalue weighted by Crippen LogP contribution is 2.29. The molecule has 0 heterocycles. The van der Waals surface area contributed by atoms with Crippen LogP contribution in [0.4, 0.5) is 5.69 Å². The van der Waals surface area contributed by atoms with Crippen molar-refractivity contribution >= 4 is 11.6 Å². The highest BCUT2D eigenvalue weighted by atomic mass is 16.5. The maximum Gasteiger partial charge on any atom is 0.195 e. The van der Waals surface area contributed by atoms with Crippen LogP contribution in [0.2, 0.25) is 0 Å². The minimum absolute atomic E-state index is 0.0124. The molecular weight excluding hydrogens is 330 g/mol. The molecule has 0 amide bonds. The number of nitrogens with one attached hydrogen (secondary N) is 2. The minimum atomic E-state index is -0.0124. The van der Waals surface area contributed by atoms with Gasteiger partial charge in [-0.05, 0) is 38.1 Å². The van der Waals surface area contributed by atoms with Gasteiger partial charge in [-0.3, -0.25) is 4.99 Å². The Hall–Kier alpha value is -2.89. The fourth-order valence-electron chi connectivity index (χ4n) is 2.36. The fourth-order valence-corrected chi connectivity index (χ4v) is 2.36. The van der Waals surface area contributed by atoms with Gasteiger partial charge >= 0.3 is 0 Å². The van der Waals surface area contributed by atoms with Crippen molar-refractivity contribution in [3.63, 3.8) is 0 Å². The smallest absolute Gasteiger partial charge is 0.195 e. The third kappa shape index (κ3) is 5.58. The number of ether oxygens (including phenoxy) is 3. The molecule has 140 valence electrons. The second-order valence-electron chi connectivity index (χ2n) is 5.89. The van der Waals surface area contributed by atoms with Crippen molar-refractivity contribution < 1.29 is 14.2 Å².